The van der Waals surface area contributed by atoms with E-state index in [1.165, 1.54) is 6.33 Å². The number of rotatable bonds is 6. The van der Waals surface area contributed by atoms with Crippen LogP contribution in [0.4, 0.5) is 5.82 Å². The SMILES string of the molecule is CC(C)CC(C)(N)COc1ccc(-c2cc(N)ncn2)cc1Cl. The molecule has 1 aromatic heterocycles. The maximum atomic E-state index is 6.31. The molecule has 0 amide bonds. The number of nitrogens with two attached hydrogens (primary N) is 2. The molecule has 23 heavy (non-hydrogen) atoms. The number of aromatic nitrogens is 2. The average Bonchev–Trinajstić information content (AvgIpc) is 2.44. The van der Waals surface area contributed by atoms with Gasteiger partial charge in [0.05, 0.1) is 10.7 Å². The monoisotopic (exact) mass is 334 g/mol. The summed E-state index contributed by atoms with van der Waals surface area (Å²) in [6.07, 6.45) is 2.30. The first-order valence-corrected chi connectivity index (χ1v) is 7.94. The molecule has 1 unspecified atom stereocenters. The Hall–Kier alpha value is -1.85. The van der Waals surface area contributed by atoms with Crippen LogP contribution in [0.25, 0.3) is 11.3 Å². The molecule has 4 N–H and O–H groups in total. The van der Waals surface area contributed by atoms with Crippen LogP contribution in [0.1, 0.15) is 27.2 Å². The van der Waals surface area contributed by atoms with Crippen LogP contribution in [0.15, 0.2) is 30.6 Å². The summed E-state index contributed by atoms with van der Waals surface area (Å²) in [7, 11) is 0. The highest BCUT2D eigenvalue weighted by molar-refractivity contribution is 6.32. The van der Waals surface area contributed by atoms with E-state index in [1.807, 2.05) is 19.1 Å². The molecule has 0 radical (unpaired) electrons. The Labute approximate surface area is 142 Å². The molecule has 1 aromatic carbocycles. The zero-order chi connectivity index (χ0) is 17.0. The Balaban J connectivity index is 2.11. The first-order valence-electron chi connectivity index (χ1n) is 7.56. The molecule has 2 rings (SSSR count). The van der Waals surface area contributed by atoms with Gasteiger partial charge in [-0.2, -0.15) is 0 Å². The maximum Gasteiger partial charge on any atom is 0.138 e. The summed E-state index contributed by atoms with van der Waals surface area (Å²) >= 11 is 6.31. The molecular weight excluding hydrogens is 312 g/mol. The van der Waals surface area contributed by atoms with E-state index in [9.17, 15) is 0 Å². The third kappa shape index (κ3) is 5.08. The van der Waals surface area contributed by atoms with E-state index < -0.39 is 5.54 Å². The van der Waals surface area contributed by atoms with Crippen LogP contribution in [0.2, 0.25) is 5.02 Å². The Bertz CT molecular complexity index is 673. The van der Waals surface area contributed by atoms with E-state index in [0.29, 0.717) is 29.1 Å². The van der Waals surface area contributed by atoms with Gasteiger partial charge in [0.15, 0.2) is 0 Å². The number of hydrogen-bond acceptors (Lipinski definition) is 5. The van der Waals surface area contributed by atoms with E-state index >= 15 is 0 Å². The summed E-state index contributed by atoms with van der Waals surface area (Å²) in [4.78, 5) is 8.07. The highest BCUT2D eigenvalue weighted by Gasteiger charge is 2.21. The number of ether oxygens (including phenoxy) is 1. The molecule has 1 atom stereocenters. The lowest BCUT2D eigenvalue weighted by molar-refractivity contribution is 0.207. The highest BCUT2D eigenvalue weighted by Crippen LogP contribution is 2.30. The molecule has 1 heterocycles. The predicted octanol–water partition coefficient (Wildman–Crippen LogP) is 3.52. The topological polar surface area (TPSA) is 87.0 Å². The second-order valence-electron chi connectivity index (χ2n) is 6.51. The summed E-state index contributed by atoms with van der Waals surface area (Å²) in [6, 6.07) is 7.21. The molecular formula is C17H23ClN4O. The van der Waals surface area contributed by atoms with Crippen LogP contribution in [0.5, 0.6) is 5.75 Å². The minimum Gasteiger partial charge on any atom is -0.490 e. The van der Waals surface area contributed by atoms with E-state index in [1.54, 1.807) is 12.1 Å². The lowest BCUT2D eigenvalue weighted by atomic mass is 9.93. The van der Waals surface area contributed by atoms with Crippen molar-refractivity contribution >= 4 is 17.4 Å². The van der Waals surface area contributed by atoms with Gasteiger partial charge in [0.25, 0.3) is 0 Å². The summed E-state index contributed by atoms with van der Waals surface area (Å²) in [5.74, 6) is 1.53. The van der Waals surface area contributed by atoms with Crippen LogP contribution in [-0.2, 0) is 0 Å². The molecule has 5 nitrogen and oxygen atoms in total. The van der Waals surface area contributed by atoms with Crippen molar-refractivity contribution in [2.45, 2.75) is 32.7 Å². The molecule has 0 saturated heterocycles. The van der Waals surface area contributed by atoms with Crippen LogP contribution < -0.4 is 16.2 Å². The van der Waals surface area contributed by atoms with Gasteiger partial charge in [0.1, 0.15) is 24.5 Å². The van der Waals surface area contributed by atoms with E-state index in [4.69, 9.17) is 27.8 Å². The molecule has 0 saturated carbocycles. The zero-order valence-electron chi connectivity index (χ0n) is 13.7. The summed E-state index contributed by atoms with van der Waals surface area (Å²) < 4.78 is 5.80. The fourth-order valence-electron chi connectivity index (χ4n) is 2.54. The summed E-state index contributed by atoms with van der Waals surface area (Å²) in [5.41, 5.74) is 13.1. The number of hydrogen-bond donors (Lipinski definition) is 2. The third-order valence-corrected chi connectivity index (χ3v) is 3.64. The Kier molecular flexibility index (Phi) is 5.44. The van der Waals surface area contributed by atoms with Gasteiger partial charge in [-0.1, -0.05) is 25.4 Å². The van der Waals surface area contributed by atoms with Gasteiger partial charge in [-0.25, -0.2) is 9.97 Å². The standard InChI is InChI=1S/C17H23ClN4O/c1-11(2)8-17(3,20)9-23-15-5-4-12(6-13(15)18)14-7-16(19)22-10-21-14/h4-7,10-11H,8-9,20H2,1-3H3,(H2,19,21,22). The molecule has 6 heteroatoms. The summed E-state index contributed by atoms with van der Waals surface area (Å²) in [6.45, 7) is 6.67. The van der Waals surface area contributed by atoms with Gasteiger partial charge >= 0.3 is 0 Å². The molecule has 2 aromatic rings. The number of benzene rings is 1. The Morgan fingerprint density at radius 1 is 1.26 bits per heavy atom. The Morgan fingerprint density at radius 3 is 2.61 bits per heavy atom. The molecule has 0 spiro atoms. The van der Waals surface area contributed by atoms with Gasteiger partial charge in [-0.3, -0.25) is 0 Å². The van der Waals surface area contributed by atoms with Crippen molar-refractivity contribution < 1.29 is 4.74 Å². The average molecular weight is 335 g/mol. The predicted molar refractivity (Wildman–Crippen MR) is 94.4 cm³/mol. The smallest absolute Gasteiger partial charge is 0.138 e. The summed E-state index contributed by atoms with van der Waals surface area (Å²) in [5, 5.41) is 0.514. The van der Waals surface area contributed by atoms with Crippen molar-refractivity contribution in [3.05, 3.63) is 35.6 Å². The largest absolute Gasteiger partial charge is 0.490 e. The molecule has 0 aliphatic carbocycles. The van der Waals surface area contributed by atoms with Crippen molar-refractivity contribution in [2.75, 3.05) is 12.3 Å². The molecule has 0 aliphatic heterocycles. The molecule has 0 fully saturated rings. The molecule has 124 valence electrons. The van der Waals surface area contributed by atoms with Gasteiger partial charge in [0, 0.05) is 17.2 Å². The quantitative estimate of drug-likeness (QED) is 0.843. The lowest BCUT2D eigenvalue weighted by Gasteiger charge is -2.26. The van der Waals surface area contributed by atoms with Crippen LogP contribution >= 0.6 is 11.6 Å². The molecule has 0 bridgehead atoms. The number of nitrogen functional groups attached to an aromatic ring is 1. The fourth-order valence-corrected chi connectivity index (χ4v) is 2.78. The van der Waals surface area contributed by atoms with Crippen molar-refractivity contribution in [1.29, 1.82) is 0 Å². The lowest BCUT2D eigenvalue weighted by Crippen LogP contribution is -2.43. The van der Waals surface area contributed by atoms with Crippen molar-refractivity contribution in [3.63, 3.8) is 0 Å². The molecule has 0 aliphatic rings. The first kappa shape index (κ1) is 17.5. The second-order valence-corrected chi connectivity index (χ2v) is 6.92. The van der Waals surface area contributed by atoms with E-state index in [2.05, 4.69) is 23.8 Å². The first-order chi connectivity index (χ1) is 10.8. The number of halogens is 1. The van der Waals surface area contributed by atoms with Gasteiger partial charge in [-0.05, 0) is 37.5 Å². The van der Waals surface area contributed by atoms with Crippen molar-refractivity contribution in [1.82, 2.24) is 9.97 Å². The van der Waals surface area contributed by atoms with Crippen LogP contribution in [0, 0.1) is 5.92 Å². The van der Waals surface area contributed by atoms with Gasteiger partial charge in [-0.15, -0.1) is 0 Å². The van der Waals surface area contributed by atoms with Crippen LogP contribution in [-0.4, -0.2) is 22.1 Å². The fraction of sp³-hybridized carbons (Fsp3) is 0.412. The van der Waals surface area contributed by atoms with Gasteiger partial charge < -0.3 is 16.2 Å². The minimum absolute atomic E-state index is 0.392. The Morgan fingerprint density at radius 2 is 2.00 bits per heavy atom. The number of anilines is 1. The van der Waals surface area contributed by atoms with Crippen molar-refractivity contribution in [3.8, 4) is 17.0 Å². The minimum atomic E-state index is -0.392. The third-order valence-electron chi connectivity index (χ3n) is 3.35. The van der Waals surface area contributed by atoms with E-state index in [0.717, 1.165) is 17.7 Å². The maximum absolute atomic E-state index is 6.31. The second kappa shape index (κ2) is 7.15. The van der Waals surface area contributed by atoms with Crippen molar-refractivity contribution in [2.24, 2.45) is 11.7 Å². The highest BCUT2D eigenvalue weighted by atomic mass is 35.5. The normalized spacial score (nSPS) is 13.8. The van der Waals surface area contributed by atoms with Crippen LogP contribution in [0.3, 0.4) is 0 Å². The van der Waals surface area contributed by atoms with E-state index in [-0.39, 0.29) is 0 Å². The zero-order valence-corrected chi connectivity index (χ0v) is 14.5. The van der Waals surface area contributed by atoms with Gasteiger partial charge in [0.2, 0.25) is 0 Å². The number of nitrogens with zero attached hydrogens (tertiary/aromatic N) is 2.